The molecule has 3 nitrogen and oxygen atoms in total. The van der Waals surface area contributed by atoms with Gasteiger partial charge in [0.25, 0.3) is 0 Å². The van der Waals surface area contributed by atoms with E-state index in [0.717, 1.165) is 12.8 Å². The number of carbonyl (C=O) groups is 1. The molecule has 0 bridgehead atoms. The summed E-state index contributed by atoms with van der Waals surface area (Å²) in [5, 5.41) is 3.96. The summed E-state index contributed by atoms with van der Waals surface area (Å²) in [6.45, 7) is 0.328. The number of aromatic nitrogens is 1. The Bertz CT molecular complexity index is 599. The Balaban J connectivity index is 1.76. The molecule has 1 aliphatic rings. The molecule has 0 aliphatic heterocycles. The molecule has 2 aromatic rings. The smallest absolute Gasteiger partial charge is 0.178 e. The van der Waals surface area contributed by atoms with Crippen LogP contribution in [-0.4, -0.2) is 23.4 Å². The molecule has 1 aromatic carbocycles. The van der Waals surface area contributed by atoms with Gasteiger partial charge < -0.3 is 10.3 Å². The molecule has 100 valence electrons. The number of fused-ring (bicyclic) bond motifs is 1. The minimum Gasteiger partial charge on any atom is -0.358 e. The third-order valence-electron chi connectivity index (χ3n) is 3.87. The first kappa shape index (κ1) is 12.4. The van der Waals surface area contributed by atoms with Crippen molar-refractivity contribution in [1.29, 1.82) is 0 Å². The van der Waals surface area contributed by atoms with Crippen LogP contribution < -0.4 is 5.32 Å². The molecule has 1 fully saturated rings. The van der Waals surface area contributed by atoms with Gasteiger partial charge >= 0.3 is 0 Å². The molecule has 0 saturated heterocycles. The summed E-state index contributed by atoms with van der Waals surface area (Å²) >= 11 is 0. The second-order valence-electron chi connectivity index (χ2n) is 5.15. The first-order chi connectivity index (χ1) is 9.25. The van der Waals surface area contributed by atoms with Gasteiger partial charge in [0.1, 0.15) is 5.82 Å². The molecule has 0 spiro atoms. The van der Waals surface area contributed by atoms with Crippen molar-refractivity contribution in [1.82, 2.24) is 10.3 Å². The standard InChI is InChI=1S/C15H17FN2O/c16-13-7-3-6-11-12(8-18-15(11)13)14(19)9-17-10-4-1-2-5-10/h3,6-8,10,17-18H,1-2,4-5,9H2. The van der Waals surface area contributed by atoms with Crippen molar-refractivity contribution in [3.8, 4) is 0 Å². The van der Waals surface area contributed by atoms with Crippen LogP contribution in [0.25, 0.3) is 10.9 Å². The van der Waals surface area contributed by atoms with E-state index in [9.17, 15) is 9.18 Å². The van der Waals surface area contributed by atoms with Gasteiger partial charge in [0.15, 0.2) is 5.78 Å². The second-order valence-corrected chi connectivity index (χ2v) is 5.15. The number of Topliss-reactive ketones (excluding diaryl/α,β-unsaturated/α-hetero) is 1. The normalized spacial score (nSPS) is 16.3. The molecular formula is C15H17FN2O. The fourth-order valence-electron chi connectivity index (χ4n) is 2.81. The summed E-state index contributed by atoms with van der Waals surface area (Å²) in [7, 11) is 0. The number of hydrogen-bond acceptors (Lipinski definition) is 2. The van der Waals surface area contributed by atoms with E-state index in [1.54, 1.807) is 18.3 Å². The highest BCUT2D eigenvalue weighted by Crippen LogP contribution is 2.21. The molecule has 0 amide bonds. The number of H-pyrrole nitrogens is 1. The third-order valence-corrected chi connectivity index (χ3v) is 3.87. The van der Waals surface area contributed by atoms with Crippen molar-refractivity contribution < 1.29 is 9.18 Å². The first-order valence-electron chi connectivity index (χ1n) is 6.78. The van der Waals surface area contributed by atoms with E-state index in [1.165, 1.54) is 18.9 Å². The number of nitrogens with one attached hydrogen (secondary N) is 2. The lowest BCUT2D eigenvalue weighted by Crippen LogP contribution is -2.31. The van der Waals surface area contributed by atoms with Crippen molar-refractivity contribution in [2.75, 3.05) is 6.54 Å². The Morgan fingerprint density at radius 1 is 1.37 bits per heavy atom. The molecule has 1 aliphatic carbocycles. The van der Waals surface area contributed by atoms with Gasteiger partial charge in [-0.3, -0.25) is 4.79 Å². The van der Waals surface area contributed by atoms with E-state index in [1.807, 2.05) is 0 Å². The number of benzene rings is 1. The van der Waals surface area contributed by atoms with Gasteiger partial charge in [0.2, 0.25) is 0 Å². The number of aromatic amines is 1. The average molecular weight is 260 g/mol. The van der Waals surface area contributed by atoms with Crippen LogP contribution in [0.4, 0.5) is 4.39 Å². The van der Waals surface area contributed by atoms with Crippen LogP contribution in [0.1, 0.15) is 36.0 Å². The van der Waals surface area contributed by atoms with Crippen molar-refractivity contribution >= 4 is 16.7 Å². The SMILES string of the molecule is O=C(CNC1CCCC1)c1c[nH]c2c(F)cccc12. The minimum atomic E-state index is -0.319. The van der Waals surface area contributed by atoms with Gasteiger partial charge in [-0.25, -0.2) is 4.39 Å². The van der Waals surface area contributed by atoms with Crippen LogP contribution in [0.5, 0.6) is 0 Å². The second kappa shape index (κ2) is 5.13. The minimum absolute atomic E-state index is 0.0174. The fourth-order valence-corrected chi connectivity index (χ4v) is 2.81. The fraction of sp³-hybridized carbons (Fsp3) is 0.400. The van der Waals surface area contributed by atoms with Gasteiger partial charge in [0, 0.05) is 23.2 Å². The van der Waals surface area contributed by atoms with E-state index < -0.39 is 0 Å². The largest absolute Gasteiger partial charge is 0.358 e. The van der Waals surface area contributed by atoms with Gasteiger partial charge in [0.05, 0.1) is 12.1 Å². The molecule has 2 N–H and O–H groups in total. The zero-order valence-electron chi connectivity index (χ0n) is 10.7. The van der Waals surface area contributed by atoms with Gasteiger partial charge in [-0.2, -0.15) is 0 Å². The van der Waals surface area contributed by atoms with E-state index in [2.05, 4.69) is 10.3 Å². The third kappa shape index (κ3) is 2.40. The number of carbonyl (C=O) groups excluding carboxylic acids is 1. The maximum Gasteiger partial charge on any atom is 0.178 e. The molecule has 0 atom stereocenters. The lowest BCUT2D eigenvalue weighted by atomic mass is 10.1. The zero-order valence-corrected chi connectivity index (χ0v) is 10.7. The average Bonchev–Trinajstić information content (AvgIpc) is 3.06. The van der Waals surface area contributed by atoms with Crippen molar-refractivity contribution in [2.24, 2.45) is 0 Å². The van der Waals surface area contributed by atoms with Crippen LogP contribution >= 0.6 is 0 Å². The molecule has 1 saturated carbocycles. The maximum absolute atomic E-state index is 13.5. The number of halogens is 1. The van der Waals surface area contributed by atoms with Crippen molar-refractivity contribution in [2.45, 2.75) is 31.7 Å². The topological polar surface area (TPSA) is 44.9 Å². The van der Waals surface area contributed by atoms with Crippen molar-refractivity contribution in [3.05, 3.63) is 35.8 Å². The highest BCUT2D eigenvalue weighted by Gasteiger charge is 2.18. The number of hydrogen-bond donors (Lipinski definition) is 2. The summed E-state index contributed by atoms with van der Waals surface area (Å²) in [6, 6.07) is 5.26. The summed E-state index contributed by atoms with van der Waals surface area (Å²) in [4.78, 5) is 15.0. The zero-order chi connectivity index (χ0) is 13.2. The van der Waals surface area contributed by atoms with Crippen LogP contribution in [0.3, 0.4) is 0 Å². The van der Waals surface area contributed by atoms with Crippen molar-refractivity contribution in [3.63, 3.8) is 0 Å². The summed E-state index contributed by atoms with van der Waals surface area (Å²) in [5.74, 6) is -0.302. The summed E-state index contributed by atoms with van der Waals surface area (Å²) in [5.41, 5.74) is 0.978. The molecule has 1 aromatic heterocycles. The number of rotatable bonds is 4. The lowest BCUT2D eigenvalue weighted by Gasteiger charge is -2.10. The molecule has 3 rings (SSSR count). The lowest BCUT2D eigenvalue weighted by molar-refractivity contribution is 0.0989. The Morgan fingerprint density at radius 2 is 2.16 bits per heavy atom. The predicted octanol–water partition coefficient (Wildman–Crippen LogP) is 3.02. The molecule has 19 heavy (non-hydrogen) atoms. The molecular weight excluding hydrogens is 243 g/mol. The quantitative estimate of drug-likeness (QED) is 0.830. The number of para-hydroxylation sites is 1. The molecule has 0 unspecified atom stereocenters. The van der Waals surface area contributed by atoms with Gasteiger partial charge in [-0.15, -0.1) is 0 Å². The van der Waals surface area contributed by atoms with E-state index in [4.69, 9.17) is 0 Å². The Morgan fingerprint density at radius 3 is 2.95 bits per heavy atom. The monoisotopic (exact) mass is 260 g/mol. The van der Waals surface area contributed by atoms with Crippen LogP contribution in [-0.2, 0) is 0 Å². The van der Waals surface area contributed by atoms with E-state index in [0.29, 0.717) is 29.1 Å². The highest BCUT2D eigenvalue weighted by atomic mass is 19.1. The van der Waals surface area contributed by atoms with E-state index in [-0.39, 0.29) is 11.6 Å². The predicted molar refractivity (Wildman–Crippen MR) is 72.8 cm³/mol. The van der Waals surface area contributed by atoms with Gasteiger partial charge in [-0.1, -0.05) is 25.0 Å². The summed E-state index contributed by atoms with van der Waals surface area (Å²) < 4.78 is 13.5. The Hall–Kier alpha value is -1.68. The Labute approximate surface area is 111 Å². The molecule has 1 heterocycles. The summed E-state index contributed by atoms with van der Waals surface area (Å²) in [6.07, 6.45) is 6.38. The van der Waals surface area contributed by atoms with E-state index >= 15 is 0 Å². The van der Waals surface area contributed by atoms with Crippen LogP contribution in [0, 0.1) is 5.82 Å². The first-order valence-corrected chi connectivity index (χ1v) is 6.78. The highest BCUT2D eigenvalue weighted by molar-refractivity contribution is 6.08. The molecule has 4 heteroatoms. The Kier molecular flexibility index (Phi) is 3.34. The van der Waals surface area contributed by atoms with Crippen LogP contribution in [0.2, 0.25) is 0 Å². The maximum atomic E-state index is 13.5. The number of ketones is 1. The molecule has 0 radical (unpaired) electrons. The van der Waals surface area contributed by atoms with Crippen LogP contribution in [0.15, 0.2) is 24.4 Å². The van der Waals surface area contributed by atoms with Gasteiger partial charge in [-0.05, 0) is 18.9 Å².